The van der Waals surface area contributed by atoms with Crippen LogP contribution in [0.15, 0.2) is 58.3 Å². The van der Waals surface area contributed by atoms with Crippen LogP contribution in [0.2, 0.25) is 0 Å². The summed E-state index contributed by atoms with van der Waals surface area (Å²) in [7, 11) is 0. The number of unbranched alkanes of at least 4 members (excludes halogenated alkanes) is 1. The molecule has 0 spiro atoms. The first kappa shape index (κ1) is 15.1. The van der Waals surface area contributed by atoms with Gasteiger partial charge in [0.2, 0.25) is 5.91 Å². The minimum absolute atomic E-state index is 0.0370. The lowest BCUT2D eigenvalue weighted by molar-refractivity contribution is -0.121. The first-order valence-corrected chi connectivity index (χ1v) is 8.37. The van der Waals surface area contributed by atoms with Crippen molar-refractivity contribution in [3.63, 3.8) is 0 Å². The van der Waals surface area contributed by atoms with Gasteiger partial charge in [0.25, 0.3) is 0 Å². The highest BCUT2D eigenvalue weighted by Crippen LogP contribution is 2.44. The van der Waals surface area contributed by atoms with Gasteiger partial charge in [-0.25, -0.2) is 0 Å². The summed E-state index contributed by atoms with van der Waals surface area (Å²) in [5.41, 5.74) is 2.31. The van der Waals surface area contributed by atoms with E-state index in [9.17, 15) is 4.79 Å². The summed E-state index contributed by atoms with van der Waals surface area (Å²) in [6, 6.07) is 16.3. The van der Waals surface area contributed by atoms with Crippen LogP contribution in [0.1, 0.15) is 36.4 Å². The van der Waals surface area contributed by atoms with E-state index in [1.807, 2.05) is 24.3 Å². The van der Waals surface area contributed by atoms with Crippen molar-refractivity contribution in [1.82, 2.24) is 5.32 Å². The fraction of sp³-hybridized carbons (Fsp3) is 0.278. The molecule has 1 aliphatic rings. The molecule has 0 aromatic heterocycles. The molecule has 3 nitrogen and oxygen atoms in total. The molecule has 0 aliphatic carbocycles. The van der Waals surface area contributed by atoms with Gasteiger partial charge in [0.05, 0.1) is 6.04 Å². The molecule has 1 amide bonds. The van der Waals surface area contributed by atoms with E-state index in [1.54, 1.807) is 11.8 Å². The number of aliphatic hydroxyl groups is 1. The smallest absolute Gasteiger partial charge is 0.220 e. The van der Waals surface area contributed by atoms with Gasteiger partial charge in [0.1, 0.15) is 0 Å². The molecule has 2 aromatic rings. The number of hydrogen-bond donors (Lipinski definition) is 2. The summed E-state index contributed by atoms with van der Waals surface area (Å²) in [5, 5.41) is 12.0. The van der Waals surface area contributed by atoms with E-state index in [4.69, 9.17) is 5.11 Å². The van der Waals surface area contributed by atoms with E-state index in [0.29, 0.717) is 19.3 Å². The van der Waals surface area contributed by atoms with E-state index < -0.39 is 0 Å². The zero-order valence-electron chi connectivity index (χ0n) is 12.3. The highest BCUT2D eigenvalue weighted by atomic mass is 32.2. The van der Waals surface area contributed by atoms with Crippen LogP contribution >= 0.6 is 11.8 Å². The molecule has 0 unspecified atom stereocenters. The Hall–Kier alpha value is -1.78. The van der Waals surface area contributed by atoms with E-state index in [-0.39, 0.29) is 18.6 Å². The molecule has 22 heavy (non-hydrogen) atoms. The molecule has 2 aromatic carbocycles. The van der Waals surface area contributed by atoms with Crippen molar-refractivity contribution < 1.29 is 9.90 Å². The Morgan fingerprint density at radius 2 is 1.59 bits per heavy atom. The summed E-state index contributed by atoms with van der Waals surface area (Å²) in [6.45, 7) is 0.138. The van der Waals surface area contributed by atoms with Crippen LogP contribution in [0.3, 0.4) is 0 Å². The molecule has 114 valence electrons. The first-order valence-electron chi connectivity index (χ1n) is 7.55. The van der Waals surface area contributed by atoms with Crippen molar-refractivity contribution in [2.75, 3.05) is 6.61 Å². The van der Waals surface area contributed by atoms with Gasteiger partial charge >= 0.3 is 0 Å². The van der Waals surface area contributed by atoms with Crippen LogP contribution in [-0.2, 0) is 4.79 Å². The van der Waals surface area contributed by atoms with Gasteiger partial charge < -0.3 is 10.4 Å². The average Bonchev–Trinajstić information content (AvgIpc) is 2.55. The minimum Gasteiger partial charge on any atom is -0.396 e. The van der Waals surface area contributed by atoms with Crippen molar-refractivity contribution >= 4 is 17.7 Å². The van der Waals surface area contributed by atoms with Crippen LogP contribution in [0.5, 0.6) is 0 Å². The number of hydrogen-bond acceptors (Lipinski definition) is 3. The molecule has 1 aliphatic heterocycles. The Bertz CT molecular complexity index is 626. The topological polar surface area (TPSA) is 49.3 Å². The van der Waals surface area contributed by atoms with Crippen LogP contribution in [0, 0.1) is 0 Å². The summed E-state index contributed by atoms with van der Waals surface area (Å²) >= 11 is 1.75. The quantitative estimate of drug-likeness (QED) is 0.830. The van der Waals surface area contributed by atoms with Crippen molar-refractivity contribution in [2.24, 2.45) is 0 Å². The van der Waals surface area contributed by atoms with Gasteiger partial charge in [-0.3, -0.25) is 4.79 Å². The molecular formula is C18H19NO2S. The summed E-state index contributed by atoms with van der Waals surface area (Å²) < 4.78 is 0. The maximum Gasteiger partial charge on any atom is 0.220 e. The second-order valence-electron chi connectivity index (χ2n) is 5.36. The Morgan fingerprint density at radius 3 is 2.18 bits per heavy atom. The monoisotopic (exact) mass is 313 g/mol. The lowest BCUT2D eigenvalue weighted by Gasteiger charge is -2.28. The van der Waals surface area contributed by atoms with Gasteiger partial charge in [0, 0.05) is 22.8 Å². The fourth-order valence-corrected chi connectivity index (χ4v) is 3.83. The maximum absolute atomic E-state index is 12.2. The predicted octanol–water partition coefficient (Wildman–Crippen LogP) is 3.52. The number of amides is 1. The SMILES string of the molecule is O=C(CCCCO)NC1c2ccccc2Sc2ccccc21. The summed E-state index contributed by atoms with van der Waals surface area (Å²) in [6.07, 6.45) is 1.84. The molecule has 0 atom stereocenters. The number of carbonyl (C=O) groups excluding carboxylic acids is 1. The van der Waals surface area contributed by atoms with E-state index in [0.717, 1.165) is 11.1 Å². The zero-order valence-corrected chi connectivity index (χ0v) is 13.1. The second kappa shape index (κ2) is 6.99. The standard InChI is InChI=1S/C18H19NO2S/c20-12-6-5-11-17(21)19-18-13-7-1-3-9-15(13)22-16-10-4-2-8-14(16)18/h1-4,7-10,18,20H,5-6,11-12H2,(H,19,21). The largest absolute Gasteiger partial charge is 0.396 e. The maximum atomic E-state index is 12.2. The third kappa shape index (κ3) is 3.18. The van der Waals surface area contributed by atoms with E-state index in [2.05, 4.69) is 29.6 Å². The van der Waals surface area contributed by atoms with Crippen molar-refractivity contribution in [2.45, 2.75) is 35.1 Å². The number of rotatable bonds is 5. The number of aliphatic hydroxyl groups excluding tert-OH is 1. The highest BCUT2D eigenvalue weighted by Gasteiger charge is 2.26. The zero-order chi connectivity index (χ0) is 15.4. The third-order valence-electron chi connectivity index (χ3n) is 3.80. The molecule has 0 bridgehead atoms. The average molecular weight is 313 g/mol. The normalized spacial score (nSPS) is 13.3. The van der Waals surface area contributed by atoms with E-state index >= 15 is 0 Å². The van der Waals surface area contributed by atoms with Crippen LogP contribution in [0.25, 0.3) is 0 Å². The number of benzene rings is 2. The second-order valence-corrected chi connectivity index (χ2v) is 6.44. The van der Waals surface area contributed by atoms with Crippen LogP contribution < -0.4 is 5.32 Å². The van der Waals surface area contributed by atoms with Gasteiger partial charge in [-0.05, 0) is 36.1 Å². The molecule has 0 fully saturated rings. The molecule has 0 saturated heterocycles. The lowest BCUT2D eigenvalue weighted by atomic mass is 9.97. The van der Waals surface area contributed by atoms with Gasteiger partial charge in [0.15, 0.2) is 0 Å². The Kier molecular flexibility index (Phi) is 4.80. The number of carbonyl (C=O) groups is 1. The predicted molar refractivity (Wildman–Crippen MR) is 87.9 cm³/mol. The van der Waals surface area contributed by atoms with Crippen molar-refractivity contribution in [1.29, 1.82) is 0 Å². The molecule has 1 heterocycles. The summed E-state index contributed by atoms with van der Waals surface area (Å²) in [4.78, 5) is 14.6. The molecule has 0 radical (unpaired) electrons. The van der Waals surface area contributed by atoms with Gasteiger partial charge in [-0.2, -0.15) is 0 Å². The fourth-order valence-electron chi connectivity index (χ4n) is 2.70. The lowest BCUT2D eigenvalue weighted by Crippen LogP contribution is -2.30. The van der Waals surface area contributed by atoms with Crippen molar-refractivity contribution in [3.8, 4) is 0 Å². The molecular weight excluding hydrogens is 294 g/mol. The molecule has 4 heteroatoms. The highest BCUT2D eigenvalue weighted by molar-refractivity contribution is 7.99. The van der Waals surface area contributed by atoms with Crippen molar-refractivity contribution in [3.05, 3.63) is 59.7 Å². The first-order chi connectivity index (χ1) is 10.8. The Balaban J connectivity index is 1.85. The Morgan fingerprint density at radius 1 is 1.00 bits per heavy atom. The summed E-state index contributed by atoms with van der Waals surface area (Å²) in [5.74, 6) is 0.0370. The third-order valence-corrected chi connectivity index (χ3v) is 4.98. The van der Waals surface area contributed by atoms with Crippen LogP contribution in [-0.4, -0.2) is 17.6 Å². The molecule has 3 rings (SSSR count). The van der Waals surface area contributed by atoms with Gasteiger partial charge in [-0.15, -0.1) is 0 Å². The van der Waals surface area contributed by atoms with Gasteiger partial charge in [-0.1, -0.05) is 48.2 Å². The number of fused-ring (bicyclic) bond motifs is 2. The molecule has 0 saturated carbocycles. The number of nitrogens with one attached hydrogen (secondary N) is 1. The molecule has 2 N–H and O–H groups in total. The minimum atomic E-state index is -0.0877. The van der Waals surface area contributed by atoms with E-state index in [1.165, 1.54) is 9.79 Å². The van der Waals surface area contributed by atoms with Crippen LogP contribution in [0.4, 0.5) is 0 Å². The Labute approximate surface area is 134 Å².